The smallest absolute Gasteiger partial charge is 0.235 e. The van der Waals surface area contributed by atoms with E-state index in [9.17, 15) is 4.79 Å². The predicted octanol–water partition coefficient (Wildman–Crippen LogP) is 2.83. The van der Waals surface area contributed by atoms with Crippen LogP contribution in [-0.4, -0.2) is 26.4 Å². The van der Waals surface area contributed by atoms with Crippen LogP contribution >= 0.6 is 11.6 Å². The molecular weight excluding hydrogens is 282 g/mol. The summed E-state index contributed by atoms with van der Waals surface area (Å²) in [6, 6.07) is 1.82. The summed E-state index contributed by atoms with van der Waals surface area (Å²) in [4.78, 5) is 14.7. The van der Waals surface area contributed by atoms with Crippen molar-refractivity contribution in [3.05, 3.63) is 16.7 Å². The standard InChI is InChI=1S/C14H14ClNO4/c1-18-12-9(14(16-8-17)3-2-4-14)7-10-13(11(12)15)20-6-5-19-10/h7H,2-6H2,1H3. The quantitative estimate of drug-likeness (QED) is 0.635. The van der Waals surface area contributed by atoms with Crippen LogP contribution in [0.5, 0.6) is 17.2 Å². The zero-order chi connectivity index (χ0) is 14.2. The van der Waals surface area contributed by atoms with Gasteiger partial charge in [-0.1, -0.05) is 11.6 Å². The van der Waals surface area contributed by atoms with Gasteiger partial charge in [-0.2, -0.15) is 4.99 Å². The summed E-state index contributed by atoms with van der Waals surface area (Å²) in [5.41, 5.74) is 0.177. The molecule has 1 aliphatic heterocycles. The minimum atomic E-state index is -0.591. The van der Waals surface area contributed by atoms with E-state index in [4.69, 9.17) is 25.8 Å². The molecule has 0 unspecified atom stereocenters. The van der Waals surface area contributed by atoms with Gasteiger partial charge in [0.15, 0.2) is 11.5 Å². The lowest BCUT2D eigenvalue weighted by molar-refractivity contribution is 0.168. The van der Waals surface area contributed by atoms with Gasteiger partial charge >= 0.3 is 0 Å². The van der Waals surface area contributed by atoms with E-state index in [2.05, 4.69) is 4.99 Å². The number of rotatable bonds is 3. The molecule has 1 aliphatic carbocycles. The Balaban J connectivity index is 2.19. The molecule has 1 heterocycles. The second kappa shape index (κ2) is 5.00. The van der Waals surface area contributed by atoms with Crippen molar-refractivity contribution in [2.75, 3.05) is 20.3 Å². The first kappa shape index (κ1) is 13.3. The van der Waals surface area contributed by atoms with Gasteiger partial charge in [-0.3, -0.25) is 0 Å². The van der Waals surface area contributed by atoms with Gasteiger partial charge in [0.1, 0.15) is 29.5 Å². The lowest BCUT2D eigenvalue weighted by atomic mass is 9.72. The van der Waals surface area contributed by atoms with Crippen molar-refractivity contribution in [3.63, 3.8) is 0 Å². The summed E-state index contributed by atoms with van der Waals surface area (Å²) >= 11 is 6.35. The Morgan fingerprint density at radius 2 is 2.15 bits per heavy atom. The number of nitrogens with zero attached hydrogens (tertiary/aromatic N) is 1. The zero-order valence-electron chi connectivity index (χ0n) is 11.1. The number of isocyanates is 1. The summed E-state index contributed by atoms with van der Waals surface area (Å²) < 4.78 is 16.5. The molecule has 0 bridgehead atoms. The molecule has 106 valence electrons. The topological polar surface area (TPSA) is 57.1 Å². The van der Waals surface area contributed by atoms with Crippen LogP contribution in [0.4, 0.5) is 0 Å². The van der Waals surface area contributed by atoms with Gasteiger partial charge in [0.2, 0.25) is 6.08 Å². The number of hydrogen-bond donors (Lipinski definition) is 0. The molecule has 0 aromatic heterocycles. The SMILES string of the molecule is COc1c(C2(N=C=O)CCC2)cc2c(c1Cl)OCCO2. The number of fused-ring (bicyclic) bond motifs is 1. The van der Waals surface area contributed by atoms with Crippen molar-refractivity contribution >= 4 is 17.7 Å². The van der Waals surface area contributed by atoms with Crippen LogP contribution in [-0.2, 0) is 10.3 Å². The lowest BCUT2D eigenvalue weighted by Gasteiger charge is -2.38. The highest BCUT2D eigenvalue weighted by Crippen LogP contribution is 2.54. The van der Waals surface area contributed by atoms with Crippen molar-refractivity contribution in [3.8, 4) is 17.2 Å². The van der Waals surface area contributed by atoms with Crippen molar-refractivity contribution in [1.29, 1.82) is 0 Å². The first-order chi connectivity index (χ1) is 9.72. The van der Waals surface area contributed by atoms with Crippen molar-refractivity contribution in [1.82, 2.24) is 0 Å². The van der Waals surface area contributed by atoms with Crippen LogP contribution in [0.25, 0.3) is 0 Å². The molecule has 0 amide bonds. The molecule has 0 radical (unpaired) electrons. The molecule has 0 N–H and O–H groups in total. The Morgan fingerprint density at radius 1 is 1.40 bits per heavy atom. The summed E-state index contributed by atoms with van der Waals surface area (Å²) in [6.45, 7) is 0.923. The predicted molar refractivity (Wildman–Crippen MR) is 72.6 cm³/mol. The van der Waals surface area contributed by atoms with E-state index in [-0.39, 0.29) is 0 Å². The molecule has 0 saturated heterocycles. The fourth-order valence-electron chi connectivity index (χ4n) is 2.71. The second-order valence-electron chi connectivity index (χ2n) is 4.88. The van der Waals surface area contributed by atoms with Crippen LogP contribution < -0.4 is 14.2 Å². The molecule has 1 saturated carbocycles. The number of benzene rings is 1. The van der Waals surface area contributed by atoms with E-state index >= 15 is 0 Å². The van der Waals surface area contributed by atoms with Crippen molar-refractivity contribution in [2.45, 2.75) is 24.8 Å². The van der Waals surface area contributed by atoms with Crippen LogP contribution in [0.1, 0.15) is 24.8 Å². The Hall–Kier alpha value is -1.71. The van der Waals surface area contributed by atoms with Gasteiger partial charge in [-0.15, -0.1) is 0 Å². The lowest BCUT2D eigenvalue weighted by Crippen LogP contribution is -2.32. The fraction of sp³-hybridized carbons (Fsp3) is 0.500. The first-order valence-electron chi connectivity index (χ1n) is 6.47. The third kappa shape index (κ3) is 1.86. The maximum absolute atomic E-state index is 10.7. The third-order valence-electron chi connectivity index (χ3n) is 3.88. The molecule has 1 aromatic carbocycles. The summed E-state index contributed by atoms with van der Waals surface area (Å²) in [6.07, 6.45) is 4.21. The highest BCUT2D eigenvalue weighted by Gasteiger charge is 2.43. The summed E-state index contributed by atoms with van der Waals surface area (Å²) in [5, 5.41) is 0.368. The Kier molecular flexibility index (Phi) is 3.32. The highest BCUT2D eigenvalue weighted by atomic mass is 35.5. The average Bonchev–Trinajstić information content (AvgIpc) is 2.43. The van der Waals surface area contributed by atoms with Gasteiger partial charge in [-0.05, 0) is 25.3 Å². The summed E-state index contributed by atoms with van der Waals surface area (Å²) in [5.74, 6) is 1.56. The normalized spacial score (nSPS) is 18.7. The Bertz CT molecular complexity index is 591. The maximum Gasteiger partial charge on any atom is 0.235 e. The van der Waals surface area contributed by atoms with Crippen molar-refractivity contribution in [2.24, 2.45) is 4.99 Å². The van der Waals surface area contributed by atoms with Crippen LogP contribution in [0.3, 0.4) is 0 Å². The molecule has 0 atom stereocenters. The van der Waals surface area contributed by atoms with Crippen LogP contribution in [0.15, 0.2) is 11.1 Å². The van der Waals surface area contributed by atoms with E-state index in [1.165, 1.54) is 7.11 Å². The maximum atomic E-state index is 10.7. The van der Waals surface area contributed by atoms with Gasteiger partial charge in [-0.25, -0.2) is 4.79 Å². The Labute approximate surface area is 121 Å². The van der Waals surface area contributed by atoms with E-state index in [0.717, 1.165) is 24.8 Å². The number of ether oxygens (including phenoxy) is 3. The van der Waals surface area contributed by atoms with Gasteiger partial charge < -0.3 is 14.2 Å². The number of methoxy groups -OCH3 is 1. The second-order valence-corrected chi connectivity index (χ2v) is 5.26. The number of carbonyl (C=O) groups excluding carboxylic acids is 1. The Morgan fingerprint density at radius 3 is 2.75 bits per heavy atom. The fourth-order valence-corrected chi connectivity index (χ4v) is 3.04. The molecule has 3 rings (SSSR count). The van der Waals surface area contributed by atoms with E-state index in [1.54, 1.807) is 6.08 Å². The monoisotopic (exact) mass is 295 g/mol. The first-order valence-corrected chi connectivity index (χ1v) is 6.85. The molecule has 1 fully saturated rings. The molecule has 6 heteroatoms. The van der Waals surface area contributed by atoms with Crippen molar-refractivity contribution < 1.29 is 19.0 Å². The number of halogens is 1. The van der Waals surface area contributed by atoms with Gasteiger partial charge in [0, 0.05) is 5.56 Å². The van der Waals surface area contributed by atoms with Crippen LogP contribution in [0.2, 0.25) is 5.02 Å². The van der Waals surface area contributed by atoms with E-state index in [0.29, 0.717) is 35.5 Å². The molecule has 1 aromatic rings. The van der Waals surface area contributed by atoms with Gasteiger partial charge in [0.05, 0.1) is 7.11 Å². The zero-order valence-corrected chi connectivity index (χ0v) is 11.8. The van der Waals surface area contributed by atoms with Gasteiger partial charge in [0.25, 0.3) is 0 Å². The number of hydrogen-bond acceptors (Lipinski definition) is 5. The van der Waals surface area contributed by atoms with E-state index < -0.39 is 5.54 Å². The average molecular weight is 296 g/mol. The van der Waals surface area contributed by atoms with Crippen LogP contribution in [0, 0.1) is 0 Å². The highest BCUT2D eigenvalue weighted by molar-refractivity contribution is 6.34. The summed E-state index contributed by atoms with van der Waals surface area (Å²) in [7, 11) is 1.54. The minimum absolute atomic E-state index is 0.368. The minimum Gasteiger partial charge on any atom is -0.495 e. The molecule has 0 spiro atoms. The molecule has 5 nitrogen and oxygen atoms in total. The largest absolute Gasteiger partial charge is 0.495 e. The third-order valence-corrected chi connectivity index (χ3v) is 4.22. The molecule has 20 heavy (non-hydrogen) atoms. The van der Waals surface area contributed by atoms with E-state index in [1.807, 2.05) is 6.07 Å². The molecule has 2 aliphatic rings. The molecular formula is C14H14ClNO4. The number of aliphatic imine (C=N–C) groups is 1.